The second kappa shape index (κ2) is 5.77. The normalized spacial score (nSPS) is 29.5. The Hall–Kier alpha value is -0.310. The average Bonchev–Trinajstić information content (AvgIpc) is 2.29. The van der Waals surface area contributed by atoms with Crippen molar-refractivity contribution in [3.8, 4) is 0 Å². The van der Waals surface area contributed by atoms with Crippen LogP contribution in [0.15, 0.2) is 12.3 Å². The lowest BCUT2D eigenvalue weighted by Gasteiger charge is -2.41. The molecule has 18 heavy (non-hydrogen) atoms. The molecular formula is C14H20Cl2N2. The van der Waals surface area contributed by atoms with E-state index in [0.29, 0.717) is 16.2 Å². The van der Waals surface area contributed by atoms with Crippen LogP contribution in [0.4, 0.5) is 0 Å². The summed E-state index contributed by atoms with van der Waals surface area (Å²) in [6.07, 6.45) is 3.10. The highest BCUT2D eigenvalue weighted by Crippen LogP contribution is 2.29. The summed E-state index contributed by atoms with van der Waals surface area (Å²) >= 11 is 12.0. The molecule has 2 nitrogen and oxygen atoms in total. The van der Waals surface area contributed by atoms with E-state index in [-0.39, 0.29) is 0 Å². The second-order valence-electron chi connectivity index (χ2n) is 5.59. The minimum atomic E-state index is 0.456. The van der Waals surface area contributed by atoms with Crippen LogP contribution in [0.2, 0.25) is 10.2 Å². The molecule has 0 radical (unpaired) electrons. The van der Waals surface area contributed by atoms with Crippen molar-refractivity contribution >= 4 is 23.2 Å². The highest BCUT2D eigenvalue weighted by molar-refractivity contribution is 6.34. The van der Waals surface area contributed by atoms with E-state index in [9.17, 15) is 0 Å². The predicted octanol–water partition coefficient (Wildman–Crippen LogP) is 4.25. The standard InChI is InChI=1S/C14H20Cl2N2/c1-9-4-10(2)11(3)18(7-9)8-12-6-17-14(16)5-13(12)15/h5-6,9-11H,4,7-8H2,1-3H3. The zero-order valence-corrected chi connectivity index (χ0v) is 12.7. The van der Waals surface area contributed by atoms with Crippen LogP contribution in [0.5, 0.6) is 0 Å². The molecule has 0 N–H and O–H groups in total. The van der Waals surface area contributed by atoms with Crippen LogP contribution in [0.3, 0.4) is 0 Å². The van der Waals surface area contributed by atoms with Gasteiger partial charge in [-0.15, -0.1) is 0 Å². The number of hydrogen-bond donors (Lipinski definition) is 0. The summed E-state index contributed by atoms with van der Waals surface area (Å²) in [4.78, 5) is 6.62. The highest BCUT2D eigenvalue weighted by atomic mass is 35.5. The fourth-order valence-corrected chi connectivity index (χ4v) is 3.24. The van der Waals surface area contributed by atoms with Crippen LogP contribution in [0, 0.1) is 11.8 Å². The van der Waals surface area contributed by atoms with Crippen molar-refractivity contribution in [2.24, 2.45) is 11.8 Å². The van der Waals surface area contributed by atoms with Crippen molar-refractivity contribution in [2.75, 3.05) is 6.54 Å². The number of pyridine rings is 1. The fraction of sp³-hybridized carbons (Fsp3) is 0.643. The van der Waals surface area contributed by atoms with Gasteiger partial charge in [0.2, 0.25) is 0 Å². The molecule has 100 valence electrons. The van der Waals surface area contributed by atoms with Gasteiger partial charge in [-0.05, 0) is 31.2 Å². The molecule has 0 bridgehead atoms. The molecule has 0 aromatic carbocycles. The zero-order valence-electron chi connectivity index (χ0n) is 11.2. The lowest BCUT2D eigenvalue weighted by molar-refractivity contribution is 0.0729. The molecule has 1 aliphatic heterocycles. The molecule has 0 saturated carbocycles. The van der Waals surface area contributed by atoms with Gasteiger partial charge in [-0.1, -0.05) is 37.0 Å². The van der Waals surface area contributed by atoms with Crippen LogP contribution in [0.25, 0.3) is 0 Å². The minimum Gasteiger partial charge on any atom is -0.296 e. The highest BCUT2D eigenvalue weighted by Gasteiger charge is 2.28. The third kappa shape index (κ3) is 3.17. The van der Waals surface area contributed by atoms with Gasteiger partial charge in [-0.25, -0.2) is 4.98 Å². The summed E-state index contributed by atoms with van der Waals surface area (Å²) in [6.45, 7) is 8.93. The van der Waals surface area contributed by atoms with Crippen LogP contribution in [-0.4, -0.2) is 22.5 Å². The lowest BCUT2D eigenvalue weighted by Crippen LogP contribution is -2.45. The molecule has 1 fully saturated rings. The van der Waals surface area contributed by atoms with Gasteiger partial charge >= 0.3 is 0 Å². The van der Waals surface area contributed by atoms with E-state index in [1.165, 1.54) is 6.42 Å². The van der Waals surface area contributed by atoms with E-state index >= 15 is 0 Å². The largest absolute Gasteiger partial charge is 0.296 e. The summed E-state index contributed by atoms with van der Waals surface area (Å²) < 4.78 is 0. The number of rotatable bonds is 2. The lowest BCUT2D eigenvalue weighted by atomic mass is 9.86. The Morgan fingerprint density at radius 2 is 2.06 bits per heavy atom. The summed E-state index contributed by atoms with van der Waals surface area (Å²) in [6, 6.07) is 2.31. The summed E-state index contributed by atoms with van der Waals surface area (Å²) in [5.41, 5.74) is 1.06. The number of nitrogens with zero attached hydrogens (tertiary/aromatic N) is 2. The van der Waals surface area contributed by atoms with Gasteiger partial charge in [-0.3, -0.25) is 4.90 Å². The zero-order chi connectivity index (χ0) is 13.3. The van der Waals surface area contributed by atoms with Gasteiger partial charge in [-0.2, -0.15) is 0 Å². The third-order valence-electron chi connectivity index (χ3n) is 3.99. The molecule has 0 spiro atoms. The molecule has 1 saturated heterocycles. The summed E-state index contributed by atoms with van der Waals surface area (Å²) in [7, 11) is 0. The maximum absolute atomic E-state index is 6.22. The molecule has 0 amide bonds. The Morgan fingerprint density at radius 1 is 1.33 bits per heavy atom. The number of halogens is 2. The summed E-state index contributed by atoms with van der Waals surface area (Å²) in [5, 5.41) is 1.17. The number of piperidine rings is 1. The fourth-order valence-electron chi connectivity index (χ4n) is 2.81. The van der Waals surface area contributed by atoms with Gasteiger partial charge in [0.05, 0.1) is 0 Å². The number of likely N-dealkylation sites (tertiary alicyclic amines) is 1. The van der Waals surface area contributed by atoms with E-state index in [2.05, 4.69) is 30.7 Å². The molecule has 4 heteroatoms. The molecule has 2 rings (SSSR count). The van der Waals surface area contributed by atoms with Gasteiger partial charge in [0.15, 0.2) is 0 Å². The van der Waals surface area contributed by atoms with E-state index in [1.54, 1.807) is 12.3 Å². The molecule has 1 aliphatic rings. The Morgan fingerprint density at radius 3 is 2.72 bits per heavy atom. The van der Waals surface area contributed by atoms with E-state index in [0.717, 1.165) is 30.5 Å². The molecule has 3 atom stereocenters. The van der Waals surface area contributed by atoms with E-state index < -0.39 is 0 Å². The molecule has 0 aliphatic carbocycles. The second-order valence-corrected chi connectivity index (χ2v) is 6.38. The van der Waals surface area contributed by atoms with Crippen molar-refractivity contribution in [3.63, 3.8) is 0 Å². The van der Waals surface area contributed by atoms with E-state index in [1.807, 2.05) is 0 Å². The van der Waals surface area contributed by atoms with Gasteiger partial charge in [0.1, 0.15) is 5.15 Å². The van der Waals surface area contributed by atoms with Crippen molar-refractivity contribution in [2.45, 2.75) is 39.8 Å². The van der Waals surface area contributed by atoms with Crippen molar-refractivity contribution in [3.05, 3.63) is 28.0 Å². The summed E-state index contributed by atoms with van der Waals surface area (Å²) in [5.74, 6) is 1.48. The topological polar surface area (TPSA) is 16.1 Å². The average molecular weight is 287 g/mol. The molecule has 2 heterocycles. The van der Waals surface area contributed by atoms with Crippen LogP contribution in [0.1, 0.15) is 32.8 Å². The van der Waals surface area contributed by atoms with E-state index in [4.69, 9.17) is 23.2 Å². The monoisotopic (exact) mass is 286 g/mol. The first-order chi connectivity index (χ1) is 8.47. The third-order valence-corrected chi connectivity index (χ3v) is 4.55. The molecular weight excluding hydrogens is 267 g/mol. The van der Waals surface area contributed by atoms with Crippen LogP contribution >= 0.6 is 23.2 Å². The first-order valence-electron chi connectivity index (χ1n) is 6.51. The Bertz CT molecular complexity index is 422. The van der Waals surface area contributed by atoms with Gasteiger partial charge in [0.25, 0.3) is 0 Å². The SMILES string of the molecule is CC1CC(C)C(C)N(Cc2cnc(Cl)cc2Cl)C1. The van der Waals surface area contributed by atoms with Crippen molar-refractivity contribution in [1.82, 2.24) is 9.88 Å². The molecule has 1 aromatic heterocycles. The first kappa shape index (κ1) is 14.1. The predicted molar refractivity (Wildman–Crippen MR) is 77.1 cm³/mol. The van der Waals surface area contributed by atoms with Crippen LogP contribution < -0.4 is 0 Å². The van der Waals surface area contributed by atoms with Crippen molar-refractivity contribution < 1.29 is 0 Å². The first-order valence-corrected chi connectivity index (χ1v) is 7.27. The smallest absolute Gasteiger partial charge is 0.130 e. The number of hydrogen-bond acceptors (Lipinski definition) is 2. The number of aromatic nitrogens is 1. The molecule has 3 unspecified atom stereocenters. The van der Waals surface area contributed by atoms with Crippen molar-refractivity contribution in [1.29, 1.82) is 0 Å². The van der Waals surface area contributed by atoms with Crippen LogP contribution in [-0.2, 0) is 6.54 Å². The minimum absolute atomic E-state index is 0.456. The van der Waals surface area contributed by atoms with Gasteiger partial charge < -0.3 is 0 Å². The van der Waals surface area contributed by atoms with Gasteiger partial charge in [0, 0.05) is 35.9 Å². The Labute approximate surface area is 119 Å². The molecule has 1 aromatic rings. The maximum Gasteiger partial charge on any atom is 0.130 e. The Kier molecular flexibility index (Phi) is 4.52. The maximum atomic E-state index is 6.22. The Balaban J connectivity index is 2.12. The quantitative estimate of drug-likeness (QED) is 0.756.